The zero-order chi connectivity index (χ0) is 35.3. The van der Waals surface area contributed by atoms with E-state index in [-0.39, 0.29) is 35.5 Å². The highest BCUT2D eigenvalue weighted by Gasteiger charge is 2.33. The van der Waals surface area contributed by atoms with E-state index in [1.807, 2.05) is 61.0 Å². The number of nitrogens with one attached hydrogen (secondary N) is 2. The van der Waals surface area contributed by atoms with Crippen LogP contribution in [-0.4, -0.2) is 65.8 Å². The number of aromatic nitrogens is 2. The van der Waals surface area contributed by atoms with E-state index in [1.54, 1.807) is 24.1 Å². The smallest absolute Gasteiger partial charge is 0.380 e. The molecule has 12 heteroatoms. The molecule has 0 aliphatic carbocycles. The Kier molecular flexibility index (Phi) is 10.9. The largest absolute Gasteiger partial charge is 0.416 e. The first kappa shape index (κ1) is 35.3. The summed E-state index contributed by atoms with van der Waals surface area (Å²) in [4.78, 5) is 41.0. The molecule has 1 aliphatic rings. The number of benzene rings is 3. The number of carbonyl (C=O) groups is 3. The monoisotopic (exact) mass is 675 g/mol. The molecule has 0 bridgehead atoms. The number of rotatable bonds is 10. The predicted molar refractivity (Wildman–Crippen MR) is 178 cm³/mol. The number of hydrogen-bond acceptors (Lipinski definition) is 5. The third-order valence-corrected chi connectivity index (χ3v) is 8.88. The molecule has 1 fully saturated rings. The van der Waals surface area contributed by atoms with Crippen molar-refractivity contribution in [3.8, 4) is 0 Å². The number of carbonyl (C=O) groups excluding carboxylic acids is 3. The minimum atomic E-state index is -4.57. The van der Waals surface area contributed by atoms with Crippen LogP contribution in [0.1, 0.15) is 79.2 Å². The quantitative estimate of drug-likeness (QED) is 0.221. The molecule has 49 heavy (non-hydrogen) atoms. The fourth-order valence-electron chi connectivity index (χ4n) is 6.24. The van der Waals surface area contributed by atoms with Gasteiger partial charge in [-0.25, -0.2) is 0 Å². The molecule has 5 rings (SSSR count). The SMILES string of the molecule is CNC(=O)CC(NC(=O)c1ccc(C2CC(OC)CN(C(=O)c3cccc(Cn4nc(C)cc4C)c3)C2)cc1)c1cccc(C(F)(F)F)c1. The van der Waals surface area contributed by atoms with Gasteiger partial charge >= 0.3 is 6.18 Å². The number of hydrogen-bond donors (Lipinski definition) is 2. The Morgan fingerprint density at radius 1 is 0.959 bits per heavy atom. The van der Waals surface area contributed by atoms with Crippen LogP contribution >= 0.6 is 0 Å². The highest BCUT2D eigenvalue weighted by Crippen LogP contribution is 2.32. The lowest BCUT2D eigenvalue weighted by Gasteiger charge is -2.37. The molecule has 0 spiro atoms. The molecule has 3 amide bonds. The Labute approximate surface area is 283 Å². The Bertz CT molecular complexity index is 1800. The van der Waals surface area contributed by atoms with E-state index >= 15 is 0 Å². The van der Waals surface area contributed by atoms with Crippen LogP contribution in [0.15, 0.2) is 78.9 Å². The van der Waals surface area contributed by atoms with Gasteiger partial charge in [-0.3, -0.25) is 19.1 Å². The summed E-state index contributed by atoms with van der Waals surface area (Å²) in [7, 11) is 3.04. The Balaban J connectivity index is 1.29. The fourth-order valence-corrected chi connectivity index (χ4v) is 6.24. The predicted octanol–water partition coefficient (Wildman–Crippen LogP) is 5.82. The molecule has 9 nitrogen and oxygen atoms in total. The first-order valence-corrected chi connectivity index (χ1v) is 16.0. The maximum Gasteiger partial charge on any atom is 0.416 e. The number of nitrogens with zero attached hydrogens (tertiary/aromatic N) is 3. The number of amides is 3. The van der Waals surface area contributed by atoms with Gasteiger partial charge in [0, 0.05) is 50.0 Å². The number of methoxy groups -OCH3 is 1. The van der Waals surface area contributed by atoms with Gasteiger partial charge in [0.25, 0.3) is 11.8 Å². The molecule has 2 heterocycles. The van der Waals surface area contributed by atoms with Crippen LogP contribution in [0.5, 0.6) is 0 Å². The summed E-state index contributed by atoms with van der Waals surface area (Å²) < 4.78 is 47.8. The average molecular weight is 676 g/mol. The van der Waals surface area contributed by atoms with E-state index in [1.165, 1.54) is 19.2 Å². The van der Waals surface area contributed by atoms with Crippen molar-refractivity contribution in [2.45, 2.75) is 57.5 Å². The van der Waals surface area contributed by atoms with Crippen molar-refractivity contribution >= 4 is 17.7 Å². The molecule has 3 aromatic carbocycles. The van der Waals surface area contributed by atoms with Gasteiger partial charge in [0.05, 0.1) is 36.4 Å². The number of aryl methyl sites for hydroxylation is 2. The summed E-state index contributed by atoms with van der Waals surface area (Å²) in [6.07, 6.45) is -4.33. The van der Waals surface area contributed by atoms with Gasteiger partial charge in [0.1, 0.15) is 0 Å². The van der Waals surface area contributed by atoms with Gasteiger partial charge in [0.15, 0.2) is 0 Å². The van der Waals surface area contributed by atoms with Gasteiger partial charge in [-0.05, 0) is 79.4 Å². The van der Waals surface area contributed by atoms with Gasteiger partial charge < -0.3 is 20.3 Å². The van der Waals surface area contributed by atoms with Gasteiger partial charge in [0.2, 0.25) is 5.91 Å². The first-order chi connectivity index (χ1) is 23.3. The van der Waals surface area contributed by atoms with Crippen LogP contribution in [0, 0.1) is 13.8 Å². The molecule has 258 valence electrons. The highest BCUT2D eigenvalue weighted by atomic mass is 19.4. The topological polar surface area (TPSA) is 106 Å². The second-order valence-electron chi connectivity index (χ2n) is 12.4. The minimum absolute atomic E-state index is 0.0660. The molecule has 3 unspecified atom stereocenters. The first-order valence-electron chi connectivity index (χ1n) is 16.0. The zero-order valence-electron chi connectivity index (χ0n) is 27.9. The van der Waals surface area contributed by atoms with E-state index in [0.29, 0.717) is 31.6 Å². The van der Waals surface area contributed by atoms with Crippen molar-refractivity contribution in [3.63, 3.8) is 0 Å². The molecule has 0 saturated carbocycles. The van der Waals surface area contributed by atoms with E-state index in [9.17, 15) is 27.6 Å². The van der Waals surface area contributed by atoms with Crippen LogP contribution in [0.3, 0.4) is 0 Å². The van der Waals surface area contributed by atoms with Crippen molar-refractivity contribution in [1.29, 1.82) is 0 Å². The number of ether oxygens (including phenoxy) is 1. The molecule has 2 N–H and O–H groups in total. The third kappa shape index (κ3) is 8.74. The van der Waals surface area contributed by atoms with Crippen LogP contribution < -0.4 is 10.6 Å². The standard InChI is InChI=1S/C37H40F3N5O4/c1-23-15-24(2)45(43-23)20-25-7-5-9-29(16-25)36(48)44-21-30(18-32(22-44)49-4)26-11-13-27(14-12-26)35(47)42-33(19-34(46)41-3)28-8-6-10-31(17-28)37(38,39)40/h5-17,30,32-33H,18-22H2,1-4H3,(H,41,46)(H,42,47). The van der Waals surface area contributed by atoms with Crippen molar-refractivity contribution in [1.82, 2.24) is 25.3 Å². The molecular weight excluding hydrogens is 635 g/mol. The molecular formula is C37H40F3N5O4. The number of halogens is 3. The lowest BCUT2D eigenvalue weighted by molar-refractivity contribution is -0.137. The molecule has 3 atom stereocenters. The van der Waals surface area contributed by atoms with Crippen LogP contribution in [0.2, 0.25) is 0 Å². The Hall–Kier alpha value is -4.97. The molecule has 1 aromatic heterocycles. The van der Waals surface area contributed by atoms with Crippen LogP contribution in [0.25, 0.3) is 0 Å². The minimum Gasteiger partial charge on any atom is -0.380 e. The summed E-state index contributed by atoms with van der Waals surface area (Å²) in [6, 6.07) is 20.1. The van der Waals surface area contributed by atoms with Crippen LogP contribution in [0.4, 0.5) is 13.2 Å². The summed E-state index contributed by atoms with van der Waals surface area (Å²) >= 11 is 0. The van der Waals surface area contributed by atoms with Crippen molar-refractivity contribution in [2.75, 3.05) is 27.2 Å². The maximum atomic E-state index is 13.8. The number of alkyl halides is 3. The van der Waals surface area contributed by atoms with Crippen molar-refractivity contribution in [2.24, 2.45) is 0 Å². The Morgan fingerprint density at radius 2 is 1.69 bits per heavy atom. The van der Waals surface area contributed by atoms with E-state index in [0.717, 1.165) is 34.6 Å². The molecule has 4 aromatic rings. The lowest BCUT2D eigenvalue weighted by atomic mass is 9.88. The van der Waals surface area contributed by atoms with E-state index in [4.69, 9.17) is 4.74 Å². The van der Waals surface area contributed by atoms with Gasteiger partial charge in [-0.1, -0.05) is 36.4 Å². The third-order valence-electron chi connectivity index (χ3n) is 8.88. The number of piperidine rings is 1. The summed E-state index contributed by atoms with van der Waals surface area (Å²) in [5, 5.41) is 9.72. The van der Waals surface area contributed by atoms with E-state index < -0.39 is 29.6 Å². The van der Waals surface area contributed by atoms with Crippen molar-refractivity contribution in [3.05, 3.63) is 124 Å². The van der Waals surface area contributed by atoms with Crippen molar-refractivity contribution < 1.29 is 32.3 Å². The average Bonchev–Trinajstić information content (AvgIpc) is 3.42. The van der Waals surface area contributed by atoms with E-state index in [2.05, 4.69) is 15.7 Å². The summed E-state index contributed by atoms with van der Waals surface area (Å²) in [6.45, 7) is 5.39. The molecule has 0 radical (unpaired) electrons. The second-order valence-corrected chi connectivity index (χ2v) is 12.4. The second kappa shape index (κ2) is 15.1. The fraction of sp³-hybridized carbons (Fsp3) is 0.351. The van der Waals surface area contributed by atoms with Gasteiger partial charge in [-0.2, -0.15) is 18.3 Å². The molecule has 1 saturated heterocycles. The summed E-state index contributed by atoms with van der Waals surface area (Å²) in [5.41, 5.74) is 4.01. The molecule has 1 aliphatic heterocycles. The summed E-state index contributed by atoms with van der Waals surface area (Å²) in [5.74, 6) is -1.14. The highest BCUT2D eigenvalue weighted by molar-refractivity contribution is 5.95. The van der Waals surface area contributed by atoms with Gasteiger partial charge in [-0.15, -0.1) is 0 Å². The zero-order valence-corrected chi connectivity index (χ0v) is 27.9. The van der Waals surface area contributed by atoms with Crippen LogP contribution in [-0.2, 0) is 22.3 Å². The normalized spacial score (nSPS) is 17.0. The lowest BCUT2D eigenvalue weighted by Crippen LogP contribution is -2.46. The maximum absolute atomic E-state index is 13.8. The number of likely N-dealkylation sites (tertiary alicyclic amines) is 1. The Morgan fingerprint density at radius 3 is 2.35 bits per heavy atom.